The number of carbonyl (C=O) groups excluding carboxylic acids is 4. The minimum absolute atomic E-state index is 0. The minimum Gasteiger partial charge on any atom is -0.467 e. The number of hydrogen-bond acceptors (Lipinski definition) is 7. The highest BCUT2D eigenvalue weighted by Crippen LogP contribution is 2.28. The molecule has 0 radical (unpaired) electrons. The van der Waals surface area contributed by atoms with E-state index < -0.39 is 41.4 Å². The van der Waals surface area contributed by atoms with E-state index in [9.17, 15) is 19.2 Å². The highest BCUT2D eigenvalue weighted by molar-refractivity contribution is 5.98. The Labute approximate surface area is 269 Å². The van der Waals surface area contributed by atoms with Crippen LogP contribution in [0.15, 0.2) is 73.2 Å². The summed E-state index contributed by atoms with van der Waals surface area (Å²) in [5, 5.41) is 5.54. The van der Waals surface area contributed by atoms with Crippen molar-refractivity contribution < 1.29 is 23.9 Å². The van der Waals surface area contributed by atoms with Crippen LogP contribution >= 0.6 is 24.8 Å². The SMILES string of the molecule is COC(=O)C1CCCN1C(=O)C(c1ccccc1)n1cnc(NC(=O)[C@@H](CCc2ccccc2)NC(=O)C(C)(C)N)c1.Cl.Cl. The number of nitrogens with two attached hydrogens (primary N) is 1. The van der Waals surface area contributed by atoms with Crippen molar-refractivity contribution in [3.05, 3.63) is 84.3 Å². The Hall–Kier alpha value is -3.93. The Morgan fingerprint density at radius 1 is 1.05 bits per heavy atom. The molecule has 1 aromatic heterocycles. The number of nitrogens with one attached hydrogen (secondary N) is 2. The van der Waals surface area contributed by atoms with E-state index in [-0.39, 0.29) is 36.5 Å². The van der Waals surface area contributed by atoms with Crippen molar-refractivity contribution >= 4 is 54.3 Å². The van der Waals surface area contributed by atoms with Crippen LogP contribution in [0.2, 0.25) is 0 Å². The summed E-state index contributed by atoms with van der Waals surface area (Å²) in [7, 11) is 1.31. The number of carbonyl (C=O) groups is 4. The van der Waals surface area contributed by atoms with E-state index in [1.54, 1.807) is 29.5 Å². The maximum atomic E-state index is 13.9. The quantitative estimate of drug-likeness (QED) is 0.271. The van der Waals surface area contributed by atoms with E-state index >= 15 is 0 Å². The third-order valence-electron chi connectivity index (χ3n) is 7.28. The minimum atomic E-state index is -1.17. The summed E-state index contributed by atoms with van der Waals surface area (Å²) in [5.74, 6) is -1.42. The molecule has 1 saturated heterocycles. The van der Waals surface area contributed by atoms with E-state index in [1.165, 1.54) is 13.4 Å². The monoisotopic (exact) mass is 646 g/mol. The number of aromatic nitrogens is 2. The Morgan fingerprint density at radius 2 is 1.68 bits per heavy atom. The predicted molar refractivity (Wildman–Crippen MR) is 172 cm³/mol. The highest BCUT2D eigenvalue weighted by Gasteiger charge is 2.39. The van der Waals surface area contributed by atoms with E-state index in [4.69, 9.17) is 10.5 Å². The number of anilines is 1. The fourth-order valence-electron chi connectivity index (χ4n) is 4.97. The number of esters is 1. The van der Waals surface area contributed by atoms with Crippen molar-refractivity contribution in [2.75, 3.05) is 19.0 Å². The van der Waals surface area contributed by atoms with Crippen LogP contribution in [-0.2, 0) is 30.3 Å². The zero-order valence-corrected chi connectivity index (χ0v) is 26.6. The molecule has 2 aromatic carbocycles. The van der Waals surface area contributed by atoms with Crippen molar-refractivity contribution in [1.82, 2.24) is 19.8 Å². The molecule has 4 rings (SSSR count). The molecule has 0 aliphatic carbocycles. The number of ether oxygens (including phenoxy) is 1. The number of hydrogen-bond donors (Lipinski definition) is 3. The summed E-state index contributed by atoms with van der Waals surface area (Å²) in [5.41, 5.74) is 6.53. The average Bonchev–Trinajstić information content (AvgIpc) is 3.65. The molecular formula is C31H40Cl2N6O5. The van der Waals surface area contributed by atoms with Gasteiger partial charge in [-0.05, 0) is 50.7 Å². The third-order valence-corrected chi connectivity index (χ3v) is 7.28. The van der Waals surface area contributed by atoms with Gasteiger partial charge in [0.1, 0.15) is 18.1 Å². The van der Waals surface area contributed by atoms with Gasteiger partial charge in [-0.15, -0.1) is 24.8 Å². The molecule has 3 atom stereocenters. The largest absolute Gasteiger partial charge is 0.467 e. The molecule has 4 N–H and O–H groups in total. The lowest BCUT2D eigenvalue weighted by molar-refractivity contribution is -0.151. The van der Waals surface area contributed by atoms with Gasteiger partial charge < -0.3 is 30.6 Å². The van der Waals surface area contributed by atoms with Crippen LogP contribution in [-0.4, -0.2) is 69.4 Å². The molecule has 3 aromatic rings. The number of imidazole rings is 1. The molecule has 2 heterocycles. The lowest BCUT2D eigenvalue weighted by atomic mass is 10.0. The predicted octanol–water partition coefficient (Wildman–Crippen LogP) is 3.27. The number of aryl methyl sites for hydroxylation is 1. The smallest absolute Gasteiger partial charge is 0.328 e. The van der Waals surface area contributed by atoms with Crippen LogP contribution in [0.5, 0.6) is 0 Å². The van der Waals surface area contributed by atoms with Crippen molar-refractivity contribution in [2.24, 2.45) is 5.73 Å². The lowest BCUT2D eigenvalue weighted by Crippen LogP contribution is -2.55. The highest BCUT2D eigenvalue weighted by atomic mass is 35.5. The number of amides is 3. The molecule has 1 aliphatic rings. The second-order valence-corrected chi connectivity index (χ2v) is 11.0. The van der Waals surface area contributed by atoms with Gasteiger partial charge in [-0.2, -0.15) is 0 Å². The second-order valence-electron chi connectivity index (χ2n) is 11.0. The molecule has 2 unspecified atom stereocenters. The first kappa shape index (κ1) is 36.3. The van der Waals surface area contributed by atoms with Crippen molar-refractivity contribution in [1.29, 1.82) is 0 Å². The van der Waals surface area contributed by atoms with Gasteiger partial charge in [0, 0.05) is 12.7 Å². The lowest BCUT2D eigenvalue weighted by Gasteiger charge is -2.28. The maximum Gasteiger partial charge on any atom is 0.328 e. The topological polar surface area (TPSA) is 149 Å². The first-order chi connectivity index (χ1) is 20.1. The molecule has 1 aliphatic heterocycles. The van der Waals surface area contributed by atoms with Gasteiger partial charge in [0.15, 0.2) is 5.82 Å². The van der Waals surface area contributed by atoms with Gasteiger partial charge in [-0.25, -0.2) is 9.78 Å². The number of halogens is 2. The van der Waals surface area contributed by atoms with Crippen molar-refractivity contribution in [3.63, 3.8) is 0 Å². The summed E-state index contributed by atoms with van der Waals surface area (Å²) in [6.45, 7) is 3.57. The molecule has 0 saturated carbocycles. The fourth-order valence-corrected chi connectivity index (χ4v) is 4.97. The molecular weight excluding hydrogens is 607 g/mol. The number of nitrogens with zero attached hydrogens (tertiary/aromatic N) is 3. The van der Waals surface area contributed by atoms with E-state index in [0.717, 1.165) is 5.56 Å². The molecule has 13 heteroatoms. The van der Waals surface area contributed by atoms with Crippen LogP contribution < -0.4 is 16.4 Å². The Balaban J connectivity index is 0.00000337. The van der Waals surface area contributed by atoms with Crippen LogP contribution in [0.3, 0.4) is 0 Å². The van der Waals surface area contributed by atoms with Gasteiger partial charge >= 0.3 is 5.97 Å². The second kappa shape index (κ2) is 16.2. The zero-order chi connectivity index (χ0) is 30.3. The molecule has 0 spiro atoms. The van der Waals surface area contributed by atoms with Gasteiger partial charge in [-0.1, -0.05) is 60.7 Å². The molecule has 0 bridgehead atoms. The van der Waals surface area contributed by atoms with Gasteiger partial charge in [-0.3, -0.25) is 14.4 Å². The normalized spacial score (nSPS) is 15.6. The zero-order valence-electron chi connectivity index (χ0n) is 25.0. The third kappa shape index (κ3) is 9.04. The number of rotatable bonds is 11. The molecule has 44 heavy (non-hydrogen) atoms. The van der Waals surface area contributed by atoms with E-state index in [1.807, 2.05) is 60.7 Å². The van der Waals surface area contributed by atoms with Crippen LogP contribution in [0.25, 0.3) is 0 Å². The van der Waals surface area contributed by atoms with Gasteiger partial charge in [0.25, 0.3) is 5.91 Å². The van der Waals surface area contributed by atoms with E-state index in [0.29, 0.717) is 37.8 Å². The first-order valence-corrected chi connectivity index (χ1v) is 14.0. The van der Waals surface area contributed by atoms with Crippen LogP contribution in [0.4, 0.5) is 5.82 Å². The van der Waals surface area contributed by atoms with Crippen molar-refractivity contribution in [3.8, 4) is 0 Å². The van der Waals surface area contributed by atoms with E-state index in [2.05, 4.69) is 15.6 Å². The standard InChI is InChI=1S/C31H38N6O5.2ClH/c1-31(2,32)30(41)34-23(17-16-21-11-6-4-7-12-21)27(38)35-25-19-36(20-33-25)26(22-13-8-5-9-14-22)28(39)37-18-10-15-24(37)29(40)42-3;;/h4-9,11-14,19-20,23-24,26H,10,15-18,32H2,1-3H3,(H,34,41)(H,35,38);2*1H/t23-,24?,26?;;/m1../s1. The Bertz CT molecular complexity index is 1400. The average molecular weight is 648 g/mol. The maximum absolute atomic E-state index is 13.9. The fraction of sp³-hybridized carbons (Fsp3) is 0.387. The summed E-state index contributed by atoms with van der Waals surface area (Å²) in [4.78, 5) is 58.2. The Kier molecular flexibility index (Phi) is 13.4. The molecule has 11 nitrogen and oxygen atoms in total. The summed E-state index contributed by atoms with van der Waals surface area (Å²) >= 11 is 0. The number of methoxy groups -OCH3 is 1. The molecule has 1 fully saturated rings. The summed E-state index contributed by atoms with van der Waals surface area (Å²) in [6, 6.07) is 16.5. The Morgan fingerprint density at radius 3 is 2.30 bits per heavy atom. The first-order valence-electron chi connectivity index (χ1n) is 14.0. The molecule has 238 valence electrons. The van der Waals surface area contributed by atoms with Crippen LogP contribution in [0, 0.1) is 0 Å². The van der Waals surface area contributed by atoms with Crippen molar-refractivity contribution in [2.45, 2.75) is 63.2 Å². The van der Waals surface area contributed by atoms with Gasteiger partial charge in [0.05, 0.1) is 19.0 Å². The van der Waals surface area contributed by atoms with Gasteiger partial charge in [0.2, 0.25) is 11.8 Å². The number of likely N-dealkylation sites (tertiary alicyclic amines) is 1. The summed E-state index contributed by atoms with van der Waals surface area (Å²) < 4.78 is 6.55. The van der Waals surface area contributed by atoms with Crippen LogP contribution in [0.1, 0.15) is 50.3 Å². The molecule has 3 amide bonds. The number of benzene rings is 2. The summed E-state index contributed by atoms with van der Waals surface area (Å²) in [6.07, 6.45) is 5.15.